The number of halogens is 10. The Morgan fingerprint density at radius 1 is 0.822 bits per heavy atom. The lowest BCUT2D eigenvalue weighted by molar-refractivity contribution is -0.139. The van der Waals surface area contributed by atoms with E-state index in [0.717, 1.165) is 38.1 Å². The van der Waals surface area contributed by atoms with Crippen LogP contribution in [0.5, 0.6) is 11.5 Å². The number of ether oxygens (including phenoxy) is 1. The fraction of sp³-hybridized carbons (Fsp3) is 0.185. The van der Waals surface area contributed by atoms with Crippen molar-refractivity contribution in [2.75, 3.05) is 6.61 Å². The van der Waals surface area contributed by atoms with Gasteiger partial charge < -0.3 is 9.84 Å². The maximum absolute atomic E-state index is 14.1. The molecule has 238 valence electrons. The summed E-state index contributed by atoms with van der Waals surface area (Å²) in [6, 6.07) is 3.42. The highest BCUT2D eigenvalue weighted by Crippen LogP contribution is 2.33. The van der Waals surface area contributed by atoms with E-state index in [1.54, 1.807) is 0 Å². The molecule has 0 aliphatic heterocycles. The van der Waals surface area contributed by atoms with E-state index < -0.39 is 74.5 Å². The molecule has 45 heavy (non-hydrogen) atoms. The number of hydrogen-bond acceptors (Lipinski definition) is 6. The number of rotatable bonds is 4. The van der Waals surface area contributed by atoms with Crippen LogP contribution in [0.25, 0.3) is 11.4 Å². The molecule has 0 unspecified atom stereocenters. The van der Waals surface area contributed by atoms with E-state index in [1.165, 1.54) is 0 Å². The zero-order valence-electron chi connectivity index (χ0n) is 22.5. The molecule has 0 amide bonds. The Morgan fingerprint density at radius 3 is 1.67 bits per heavy atom. The van der Waals surface area contributed by atoms with Gasteiger partial charge in [-0.1, -0.05) is 29.1 Å². The van der Waals surface area contributed by atoms with Gasteiger partial charge in [0.2, 0.25) is 0 Å². The molecule has 0 bridgehead atoms. The molecule has 4 aromatic rings. The number of terminal acetylenes is 1. The van der Waals surface area contributed by atoms with Gasteiger partial charge in [0.15, 0.2) is 11.6 Å². The summed E-state index contributed by atoms with van der Waals surface area (Å²) in [4.78, 5) is 24.0. The average Bonchev–Trinajstić information content (AvgIpc) is 2.93. The highest BCUT2D eigenvalue weighted by atomic mass is 35.5. The topological polar surface area (TPSA) is 99.2 Å². The molecule has 0 atom stereocenters. The van der Waals surface area contributed by atoms with Crippen molar-refractivity contribution in [3.8, 4) is 35.2 Å². The van der Waals surface area contributed by atoms with Crippen molar-refractivity contribution in [2.24, 2.45) is 0 Å². The van der Waals surface area contributed by atoms with Gasteiger partial charge in [-0.25, -0.2) is 8.78 Å². The molecule has 0 aliphatic rings. The second kappa shape index (κ2) is 13.2. The predicted molar refractivity (Wildman–Crippen MR) is 145 cm³/mol. The first kappa shape index (κ1) is 34.9. The van der Waals surface area contributed by atoms with Crippen molar-refractivity contribution in [3.63, 3.8) is 0 Å². The van der Waals surface area contributed by atoms with Gasteiger partial charge in [-0.05, 0) is 26.0 Å². The van der Waals surface area contributed by atoms with Gasteiger partial charge >= 0.3 is 12.4 Å². The third-order valence-electron chi connectivity index (χ3n) is 5.83. The predicted octanol–water partition coefficient (Wildman–Crippen LogP) is 6.42. The van der Waals surface area contributed by atoms with Crippen LogP contribution in [-0.2, 0) is 12.4 Å². The summed E-state index contributed by atoms with van der Waals surface area (Å²) in [6.07, 6.45) is -3.57. The lowest BCUT2D eigenvalue weighted by Crippen LogP contribution is -2.27. The SMILES string of the molecule is C#CCOc1cc(-n2ncc(C(F)(F)F)c(C)c2=O)c(F)cc1Cl.Cc1c(C(F)(F)F)cnn(-c2cc(O)c(Cl)cc2F)c1=O. The number of aromatic nitrogens is 4. The van der Waals surface area contributed by atoms with Crippen LogP contribution >= 0.6 is 23.2 Å². The van der Waals surface area contributed by atoms with Crippen LogP contribution < -0.4 is 15.9 Å². The van der Waals surface area contributed by atoms with Gasteiger partial charge in [-0.2, -0.15) is 45.9 Å². The maximum Gasteiger partial charge on any atom is 0.418 e. The van der Waals surface area contributed by atoms with Crippen molar-refractivity contribution in [3.05, 3.63) is 101 Å². The van der Waals surface area contributed by atoms with Crippen LogP contribution in [0.1, 0.15) is 22.3 Å². The fourth-order valence-corrected chi connectivity index (χ4v) is 3.95. The van der Waals surface area contributed by atoms with Crippen molar-refractivity contribution >= 4 is 23.2 Å². The summed E-state index contributed by atoms with van der Waals surface area (Å²) < 4.78 is 110. The number of hydrogen-bond donors (Lipinski definition) is 1. The van der Waals surface area contributed by atoms with Crippen LogP contribution in [0, 0.1) is 37.8 Å². The Bertz CT molecular complexity index is 1930. The van der Waals surface area contributed by atoms with E-state index in [-0.39, 0.29) is 22.4 Å². The van der Waals surface area contributed by atoms with Gasteiger partial charge in [-0.15, -0.1) is 6.42 Å². The number of alkyl halides is 6. The summed E-state index contributed by atoms with van der Waals surface area (Å²) in [6.45, 7) is 1.77. The molecule has 0 saturated carbocycles. The summed E-state index contributed by atoms with van der Waals surface area (Å²) in [5.74, 6) is -0.345. The number of benzene rings is 2. The smallest absolute Gasteiger partial charge is 0.418 e. The summed E-state index contributed by atoms with van der Waals surface area (Å²) in [5, 5.41) is 15.7. The second-order valence-corrected chi connectivity index (χ2v) is 9.59. The van der Waals surface area contributed by atoms with E-state index in [1.807, 2.05) is 0 Å². The van der Waals surface area contributed by atoms with Crippen LogP contribution in [0.4, 0.5) is 35.1 Å². The van der Waals surface area contributed by atoms with Crippen molar-refractivity contribution in [1.82, 2.24) is 19.6 Å². The molecule has 8 nitrogen and oxygen atoms in total. The van der Waals surface area contributed by atoms with Crippen LogP contribution in [0.2, 0.25) is 10.0 Å². The Labute approximate surface area is 257 Å². The molecule has 2 aromatic heterocycles. The van der Waals surface area contributed by atoms with Gasteiger partial charge in [0.05, 0.1) is 33.6 Å². The van der Waals surface area contributed by atoms with Gasteiger partial charge in [0.1, 0.15) is 29.5 Å². The van der Waals surface area contributed by atoms with E-state index in [0.29, 0.717) is 21.8 Å². The van der Waals surface area contributed by atoms with E-state index in [9.17, 15) is 49.8 Å². The van der Waals surface area contributed by atoms with E-state index in [4.69, 9.17) is 34.4 Å². The molecule has 0 spiro atoms. The van der Waals surface area contributed by atoms with Crippen molar-refractivity contribution < 1.29 is 45.0 Å². The van der Waals surface area contributed by atoms with Gasteiger partial charge in [-0.3, -0.25) is 9.59 Å². The molecular weight excluding hydrogens is 667 g/mol. The Balaban J connectivity index is 0.000000248. The zero-order valence-corrected chi connectivity index (χ0v) is 24.0. The lowest BCUT2D eigenvalue weighted by Gasteiger charge is -2.13. The standard InChI is InChI=1S/C15H9ClF4N2O2.C12H7ClF4N2O2/c1-3-4-24-13-6-12(11(17)5-10(13)16)22-14(23)8(2)9(7-21-22)15(18,19)20;1-5-6(12(15,16)17)4-18-19(11(5)21)9-3-10(20)7(13)2-8(9)14/h1,5-7H,4H2,2H3;2-4,20H,1H3. The quantitative estimate of drug-likeness (QED) is 0.197. The minimum absolute atomic E-state index is 0.0303. The molecule has 0 fully saturated rings. The molecule has 18 heteroatoms. The maximum atomic E-state index is 14.1. The largest absolute Gasteiger partial charge is 0.506 e. The number of phenolic OH excluding ortho intramolecular Hbond substituents is 1. The van der Waals surface area contributed by atoms with E-state index in [2.05, 4.69) is 16.1 Å². The highest BCUT2D eigenvalue weighted by Gasteiger charge is 2.35. The van der Waals surface area contributed by atoms with Crippen molar-refractivity contribution in [1.29, 1.82) is 0 Å². The first-order valence-electron chi connectivity index (χ1n) is 11.9. The van der Waals surface area contributed by atoms with Crippen molar-refractivity contribution in [2.45, 2.75) is 26.2 Å². The minimum Gasteiger partial charge on any atom is -0.506 e. The first-order valence-corrected chi connectivity index (χ1v) is 12.6. The number of aromatic hydroxyl groups is 1. The molecule has 0 saturated heterocycles. The second-order valence-electron chi connectivity index (χ2n) is 8.78. The summed E-state index contributed by atoms with van der Waals surface area (Å²) >= 11 is 11.3. The van der Waals surface area contributed by atoms with Crippen LogP contribution in [-0.4, -0.2) is 31.3 Å². The molecule has 1 N–H and O–H groups in total. The minimum atomic E-state index is -4.74. The Morgan fingerprint density at radius 2 is 1.24 bits per heavy atom. The third kappa shape index (κ3) is 7.55. The van der Waals surface area contributed by atoms with Crippen LogP contribution in [0.3, 0.4) is 0 Å². The summed E-state index contributed by atoms with van der Waals surface area (Å²) in [7, 11) is 0. The Kier molecular flexibility index (Phi) is 10.2. The lowest BCUT2D eigenvalue weighted by atomic mass is 10.2. The molecule has 4 rings (SSSR count). The monoisotopic (exact) mass is 682 g/mol. The third-order valence-corrected chi connectivity index (χ3v) is 6.43. The summed E-state index contributed by atoms with van der Waals surface area (Å²) in [5.41, 5.74) is -6.82. The number of phenols is 1. The molecular formula is C27H16Cl2F8N4O4. The van der Waals surface area contributed by atoms with Crippen LogP contribution in [0.15, 0.2) is 46.2 Å². The average molecular weight is 683 g/mol. The Hall–Kier alpha value is -4.62. The molecule has 0 radical (unpaired) electrons. The zero-order chi connectivity index (χ0) is 34.0. The van der Waals surface area contributed by atoms with Gasteiger partial charge in [0, 0.05) is 23.3 Å². The molecule has 2 heterocycles. The fourth-order valence-electron chi connectivity index (χ4n) is 3.59. The normalized spacial score (nSPS) is 11.4. The van der Waals surface area contributed by atoms with Gasteiger partial charge in [0.25, 0.3) is 11.1 Å². The first-order chi connectivity index (χ1) is 20.8. The molecule has 0 aliphatic carbocycles. The molecule has 2 aromatic carbocycles. The van der Waals surface area contributed by atoms with E-state index >= 15 is 0 Å². The number of nitrogens with zero attached hydrogens (tertiary/aromatic N) is 4. The highest BCUT2D eigenvalue weighted by molar-refractivity contribution is 6.32.